The van der Waals surface area contributed by atoms with Gasteiger partial charge >= 0.3 is 0 Å². The van der Waals surface area contributed by atoms with E-state index in [4.69, 9.17) is 4.74 Å². The van der Waals surface area contributed by atoms with Gasteiger partial charge in [-0.1, -0.05) is 0 Å². The fraction of sp³-hybridized carbons (Fsp3) is 0.471. The van der Waals surface area contributed by atoms with Crippen LogP contribution in [0.15, 0.2) is 24.3 Å². The molecule has 2 N–H and O–H groups in total. The molecule has 25 heavy (non-hydrogen) atoms. The standard InChI is InChI=1S/C17H20FN3O4/c1-10(25-14-6-2-12(18)3-7-14)16(23)19-20-17(24)11-8-15(22)21(9-11)13-4-5-13/h2-3,6-7,10-11,13H,4-5,8-9H2,1H3,(H,19,23)(H,20,24)/t10-,11-/m1/s1. The molecule has 1 heterocycles. The maximum atomic E-state index is 12.8. The Morgan fingerprint density at radius 2 is 1.92 bits per heavy atom. The molecule has 2 aliphatic rings. The summed E-state index contributed by atoms with van der Waals surface area (Å²) in [5.41, 5.74) is 4.64. The predicted molar refractivity (Wildman–Crippen MR) is 85.6 cm³/mol. The predicted octanol–water partition coefficient (Wildman–Crippen LogP) is 0.751. The van der Waals surface area contributed by atoms with Gasteiger partial charge in [-0.05, 0) is 44.0 Å². The smallest absolute Gasteiger partial charge is 0.279 e. The lowest BCUT2D eigenvalue weighted by atomic mass is 10.1. The molecule has 1 aromatic rings. The lowest BCUT2D eigenvalue weighted by Gasteiger charge is -2.17. The number of likely N-dealkylation sites (tertiary alicyclic amines) is 1. The molecule has 0 spiro atoms. The summed E-state index contributed by atoms with van der Waals surface area (Å²) in [7, 11) is 0. The number of ether oxygens (including phenoxy) is 1. The summed E-state index contributed by atoms with van der Waals surface area (Å²) in [6.45, 7) is 1.91. The topological polar surface area (TPSA) is 87.7 Å². The first-order valence-corrected chi connectivity index (χ1v) is 8.25. The van der Waals surface area contributed by atoms with Crippen molar-refractivity contribution in [3.05, 3.63) is 30.1 Å². The van der Waals surface area contributed by atoms with Gasteiger partial charge in [0.05, 0.1) is 5.92 Å². The number of hydrazine groups is 1. The van der Waals surface area contributed by atoms with Crippen molar-refractivity contribution in [3.8, 4) is 5.75 Å². The summed E-state index contributed by atoms with van der Waals surface area (Å²) >= 11 is 0. The zero-order valence-corrected chi connectivity index (χ0v) is 13.8. The summed E-state index contributed by atoms with van der Waals surface area (Å²) in [5.74, 6) is -1.46. The molecule has 1 aromatic carbocycles. The highest BCUT2D eigenvalue weighted by atomic mass is 19.1. The van der Waals surface area contributed by atoms with Gasteiger partial charge in [0.25, 0.3) is 5.91 Å². The van der Waals surface area contributed by atoms with Crippen LogP contribution in [0.4, 0.5) is 4.39 Å². The third-order valence-corrected chi connectivity index (χ3v) is 4.32. The Morgan fingerprint density at radius 3 is 2.56 bits per heavy atom. The molecule has 7 nitrogen and oxygen atoms in total. The van der Waals surface area contributed by atoms with E-state index in [1.54, 1.807) is 4.90 Å². The van der Waals surface area contributed by atoms with Crippen molar-refractivity contribution in [1.29, 1.82) is 0 Å². The monoisotopic (exact) mass is 349 g/mol. The number of benzene rings is 1. The van der Waals surface area contributed by atoms with Gasteiger partial charge < -0.3 is 9.64 Å². The largest absolute Gasteiger partial charge is 0.481 e. The minimum atomic E-state index is -0.876. The third-order valence-electron chi connectivity index (χ3n) is 4.32. The Balaban J connectivity index is 1.44. The first-order chi connectivity index (χ1) is 11.9. The van der Waals surface area contributed by atoms with Crippen LogP contribution >= 0.6 is 0 Å². The van der Waals surface area contributed by atoms with Crippen molar-refractivity contribution < 1.29 is 23.5 Å². The average molecular weight is 349 g/mol. The number of halogens is 1. The fourth-order valence-corrected chi connectivity index (χ4v) is 2.74. The molecule has 1 saturated carbocycles. The van der Waals surface area contributed by atoms with Crippen molar-refractivity contribution in [2.45, 2.75) is 38.3 Å². The highest BCUT2D eigenvalue weighted by molar-refractivity contribution is 5.91. The Bertz CT molecular complexity index is 675. The number of carbonyl (C=O) groups excluding carboxylic acids is 3. The van der Waals surface area contributed by atoms with Gasteiger partial charge in [0.1, 0.15) is 11.6 Å². The van der Waals surface area contributed by atoms with Gasteiger partial charge in [-0.3, -0.25) is 25.2 Å². The lowest BCUT2D eigenvalue weighted by molar-refractivity contribution is -0.134. The summed E-state index contributed by atoms with van der Waals surface area (Å²) in [4.78, 5) is 37.7. The van der Waals surface area contributed by atoms with E-state index in [0.717, 1.165) is 12.8 Å². The normalized spacial score (nSPS) is 21.0. The Kier molecular flexibility index (Phi) is 4.87. The molecule has 0 radical (unpaired) electrons. The minimum Gasteiger partial charge on any atom is -0.481 e. The second-order valence-corrected chi connectivity index (χ2v) is 6.37. The zero-order valence-electron chi connectivity index (χ0n) is 13.8. The second-order valence-electron chi connectivity index (χ2n) is 6.37. The number of nitrogens with one attached hydrogen (secondary N) is 2. The van der Waals surface area contributed by atoms with Crippen LogP contribution in [0.3, 0.4) is 0 Å². The molecule has 0 aromatic heterocycles. The second kappa shape index (κ2) is 7.08. The summed E-state index contributed by atoms with van der Waals surface area (Å²) in [6, 6.07) is 5.56. The van der Waals surface area contributed by atoms with E-state index in [2.05, 4.69) is 10.9 Å². The molecule has 2 atom stereocenters. The van der Waals surface area contributed by atoms with Gasteiger partial charge in [0, 0.05) is 19.0 Å². The third kappa shape index (κ3) is 4.26. The maximum Gasteiger partial charge on any atom is 0.279 e. The van der Waals surface area contributed by atoms with Crippen LogP contribution in [0.2, 0.25) is 0 Å². The molecule has 134 valence electrons. The van der Waals surface area contributed by atoms with Crippen LogP contribution in [0.1, 0.15) is 26.2 Å². The molecule has 2 fully saturated rings. The van der Waals surface area contributed by atoms with Gasteiger partial charge in [-0.2, -0.15) is 0 Å². The summed E-state index contributed by atoms with van der Waals surface area (Å²) < 4.78 is 18.2. The number of amides is 3. The van der Waals surface area contributed by atoms with Crippen molar-refractivity contribution >= 4 is 17.7 Å². The average Bonchev–Trinajstić information content (AvgIpc) is 3.36. The van der Waals surface area contributed by atoms with Crippen LogP contribution in [0, 0.1) is 11.7 Å². The van der Waals surface area contributed by atoms with E-state index < -0.39 is 23.7 Å². The van der Waals surface area contributed by atoms with E-state index >= 15 is 0 Å². The van der Waals surface area contributed by atoms with Crippen LogP contribution in [0.25, 0.3) is 0 Å². The molecular formula is C17H20FN3O4. The minimum absolute atomic E-state index is 0.0120. The molecule has 1 aliphatic carbocycles. The van der Waals surface area contributed by atoms with Gasteiger partial charge in [0.2, 0.25) is 11.8 Å². The number of hydrogen-bond acceptors (Lipinski definition) is 4. The first kappa shape index (κ1) is 17.2. The van der Waals surface area contributed by atoms with Crippen molar-refractivity contribution in [1.82, 2.24) is 15.8 Å². The van der Waals surface area contributed by atoms with Crippen LogP contribution < -0.4 is 15.6 Å². The zero-order chi connectivity index (χ0) is 18.0. The van der Waals surface area contributed by atoms with E-state index in [1.807, 2.05) is 0 Å². The number of carbonyl (C=O) groups is 3. The van der Waals surface area contributed by atoms with Gasteiger partial charge in [-0.15, -0.1) is 0 Å². The van der Waals surface area contributed by atoms with E-state index in [0.29, 0.717) is 12.3 Å². The van der Waals surface area contributed by atoms with Gasteiger partial charge in [0.15, 0.2) is 6.10 Å². The lowest BCUT2D eigenvalue weighted by Crippen LogP contribution is -2.49. The fourth-order valence-electron chi connectivity index (χ4n) is 2.74. The van der Waals surface area contributed by atoms with Crippen molar-refractivity contribution in [3.63, 3.8) is 0 Å². The molecule has 0 bridgehead atoms. The molecule has 8 heteroatoms. The Morgan fingerprint density at radius 1 is 1.24 bits per heavy atom. The first-order valence-electron chi connectivity index (χ1n) is 8.25. The molecular weight excluding hydrogens is 329 g/mol. The number of rotatable bonds is 5. The van der Waals surface area contributed by atoms with E-state index in [-0.39, 0.29) is 24.3 Å². The van der Waals surface area contributed by atoms with Crippen LogP contribution in [-0.2, 0) is 14.4 Å². The van der Waals surface area contributed by atoms with E-state index in [9.17, 15) is 18.8 Å². The molecule has 1 aliphatic heterocycles. The summed E-state index contributed by atoms with van der Waals surface area (Å²) in [5, 5.41) is 0. The highest BCUT2D eigenvalue weighted by Gasteiger charge is 2.41. The van der Waals surface area contributed by atoms with E-state index in [1.165, 1.54) is 31.2 Å². The highest BCUT2D eigenvalue weighted by Crippen LogP contribution is 2.32. The SMILES string of the molecule is C[C@@H](Oc1ccc(F)cc1)C(=O)NNC(=O)[C@@H]1CC(=O)N(C2CC2)C1. The molecule has 1 saturated heterocycles. The van der Waals surface area contributed by atoms with Crippen LogP contribution in [-0.4, -0.2) is 41.3 Å². The van der Waals surface area contributed by atoms with Crippen molar-refractivity contribution in [2.75, 3.05) is 6.54 Å². The van der Waals surface area contributed by atoms with Crippen LogP contribution in [0.5, 0.6) is 5.75 Å². The Labute approximate surface area is 144 Å². The summed E-state index contributed by atoms with van der Waals surface area (Å²) in [6.07, 6.45) is 1.28. The van der Waals surface area contributed by atoms with Crippen molar-refractivity contribution in [2.24, 2.45) is 5.92 Å². The molecule has 3 rings (SSSR count). The number of hydrogen-bond donors (Lipinski definition) is 2. The Hall–Kier alpha value is -2.64. The quantitative estimate of drug-likeness (QED) is 0.768. The maximum absolute atomic E-state index is 12.8. The molecule has 3 amide bonds. The number of nitrogens with zero attached hydrogens (tertiary/aromatic N) is 1. The van der Waals surface area contributed by atoms with Gasteiger partial charge in [-0.25, -0.2) is 4.39 Å². The molecule has 0 unspecified atom stereocenters.